The number of thiophene rings is 1. The van der Waals surface area contributed by atoms with Crippen LogP contribution < -0.4 is 5.32 Å². The van der Waals surface area contributed by atoms with Crippen molar-refractivity contribution in [1.82, 2.24) is 9.88 Å². The van der Waals surface area contributed by atoms with E-state index in [1.165, 1.54) is 0 Å². The first-order valence-electron chi connectivity index (χ1n) is 9.76. The van der Waals surface area contributed by atoms with Crippen LogP contribution in [0.3, 0.4) is 0 Å². The van der Waals surface area contributed by atoms with Crippen molar-refractivity contribution in [2.24, 2.45) is 0 Å². The third-order valence-electron chi connectivity index (χ3n) is 5.25. The molecule has 2 aromatic heterocycles. The second kappa shape index (κ2) is 8.77. The van der Waals surface area contributed by atoms with Crippen molar-refractivity contribution in [2.45, 2.75) is 18.9 Å². The summed E-state index contributed by atoms with van der Waals surface area (Å²) in [4.78, 5) is 33.9. The van der Waals surface area contributed by atoms with Crippen molar-refractivity contribution in [3.8, 4) is 0 Å². The van der Waals surface area contributed by atoms with Gasteiger partial charge in [-0.25, -0.2) is 4.98 Å². The quantitative estimate of drug-likeness (QED) is 0.653. The number of hydrogen-bond acceptors (Lipinski definition) is 5. The Morgan fingerprint density at radius 1 is 1.20 bits per heavy atom. The van der Waals surface area contributed by atoms with Crippen LogP contribution in [0.1, 0.15) is 38.3 Å². The summed E-state index contributed by atoms with van der Waals surface area (Å²) in [5.41, 5.74) is 2.31. The molecule has 1 aliphatic rings. The van der Waals surface area contributed by atoms with Gasteiger partial charge in [0.25, 0.3) is 5.91 Å². The zero-order chi connectivity index (χ0) is 21.1. The number of methoxy groups -OCH3 is 1. The average Bonchev–Trinajstić information content (AvgIpc) is 3.29. The van der Waals surface area contributed by atoms with Crippen LogP contribution in [0.15, 0.2) is 60.1 Å². The predicted octanol–water partition coefficient (Wildman–Crippen LogP) is 4.02. The summed E-state index contributed by atoms with van der Waals surface area (Å²) in [7, 11) is 1.61. The van der Waals surface area contributed by atoms with Crippen LogP contribution in [0.4, 0.5) is 5.82 Å². The summed E-state index contributed by atoms with van der Waals surface area (Å²) in [6, 6.07) is 14.5. The molecule has 0 aliphatic carbocycles. The number of ether oxygens (including phenoxy) is 1. The van der Waals surface area contributed by atoms with Crippen LogP contribution in [-0.2, 0) is 9.53 Å². The van der Waals surface area contributed by atoms with Crippen LogP contribution in [0.25, 0.3) is 0 Å². The van der Waals surface area contributed by atoms with Crippen molar-refractivity contribution < 1.29 is 14.3 Å². The lowest BCUT2D eigenvalue weighted by molar-refractivity contribution is -0.119. The number of hydrogen-bond donors (Lipinski definition) is 1. The number of aromatic nitrogens is 1. The fourth-order valence-corrected chi connectivity index (χ4v) is 4.71. The molecule has 30 heavy (non-hydrogen) atoms. The highest BCUT2D eigenvalue weighted by atomic mass is 32.1. The molecule has 2 amide bonds. The van der Waals surface area contributed by atoms with Crippen molar-refractivity contribution >= 4 is 29.0 Å². The molecule has 2 atom stereocenters. The van der Waals surface area contributed by atoms with Gasteiger partial charge in [-0.1, -0.05) is 30.3 Å². The van der Waals surface area contributed by atoms with E-state index in [1.807, 2.05) is 48.7 Å². The van der Waals surface area contributed by atoms with Crippen LogP contribution in [0, 0.1) is 6.92 Å². The van der Waals surface area contributed by atoms with E-state index in [0.29, 0.717) is 24.5 Å². The summed E-state index contributed by atoms with van der Waals surface area (Å²) in [5.74, 6) is -0.337. The largest absolute Gasteiger partial charge is 0.383 e. The molecular weight excluding hydrogens is 398 g/mol. The molecule has 7 heteroatoms. The van der Waals surface area contributed by atoms with Gasteiger partial charge in [-0.3, -0.25) is 9.59 Å². The number of anilines is 1. The number of nitrogens with one attached hydrogen (secondary N) is 1. The Morgan fingerprint density at radius 3 is 2.73 bits per heavy atom. The number of carbonyl (C=O) groups is 2. The van der Waals surface area contributed by atoms with Crippen molar-refractivity contribution in [1.29, 1.82) is 0 Å². The van der Waals surface area contributed by atoms with Crippen molar-refractivity contribution in [3.63, 3.8) is 0 Å². The molecule has 2 unspecified atom stereocenters. The van der Waals surface area contributed by atoms with E-state index < -0.39 is 12.0 Å². The van der Waals surface area contributed by atoms with E-state index in [4.69, 9.17) is 4.74 Å². The molecule has 154 valence electrons. The Balaban J connectivity index is 1.78. The van der Waals surface area contributed by atoms with E-state index in [1.54, 1.807) is 41.7 Å². The van der Waals surface area contributed by atoms with Crippen LogP contribution in [-0.4, -0.2) is 42.0 Å². The van der Waals surface area contributed by atoms with E-state index in [0.717, 1.165) is 16.0 Å². The van der Waals surface area contributed by atoms with E-state index in [9.17, 15) is 9.59 Å². The van der Waals surface area contributed by atoms with Crippen molar-refractivity contribution in [3.05, 3.63) is 81.7 Å². The van der Waals surface area contributed by atoms with Gasteiger partial charge >= 0.3 is 0 Å². The lowest BCUT2D eigenvalue weighted by atomic mass is 9.81. The maximum absolute atomic E-state index is 13.5. The molecule has 1 aliphatic heterocycles. The standard InChI is InChI=1S/C23H23N3O3S/c1-15-9-10-19(24-14-15)25-22(27)20-16-6-3-4-7-17(16)23(28)26(11-12-29-2)21(20)18-8-5-13-30-18/h3-10,13-14,20-21H,11-12H2,1-2H3,(H,24,25,27). The first-order valence-corrected chi connectivity index (χ1v) is 10.6. The molecule has 0 bridgehead atoms. The fraction of sp³-hybridized carbons (Fsp3) is 0.261. The molecule has 1 aromatic carbocycles. The highest BCUT2D eigenvalue weighted by Gasteiger charge is 2.44. The van der Waals surface area contributed by atoms with Gasteiger partial charge in [0.15, 0.2) is 0 Å². The minimum atomic E-state index is -0.558. The Morgan fingerprint density at radius 2 is 2.03 bits per heavy atom. The molecular formula is C23H23N3O3S. The number of benzene rings is 1. The lowest BCUT2D eigenvalue weighted by Gasteiger charge is -2.41. The van der Waals surface area contributed by atoms with E-state index >= 15 is 0 Å². The molecule has 4 rings (SSSR count). The van der Waals surface area contributed by atoms with Crippen LogP contribution >= 0.6 is 11.3 Å². The number of amides is 2. The van der Waals surface area contributed by atoms with Gasteiger partial charge in [0.2, 0.25) is 5.91 Å². The van der Waals surface area contributed by atoms with Crippen molar-refractivity contribution in [2.75, 3.05) is 25.6 Å². The first-order chi connectivity index (χ1) is 14.6. The highest BCUT2D eigenvalue weighted by molar-refractivity contribution is 7.10. The normalized spacial score (nSPS) is 18.2. The minimum Gasteiger partial charge on any atom is -0.383 e. The molecule has 0 spiro atoms. The Hall–Kier alpha value is -3.03. The molecule has 3 heterocycles. The molecule has 1 N–H and O–H groups in total. The lowest BCUT2D eigenvalue weighted by Crippen LogP contribution is -2.47. The number of fused-ring (bicyclic) bond motifs is 1. The second-order valence-corrected chi connectivity index (χ2v) is 8.21. The van der Waals surface area contributed by atoms with Crippen LogP contribution in [0.2, 0.25) is 0 Å². The number of pyridine rings is 1. The van der Waals surface area contributed by atoms with Gasteiger partial charge in [-0.15, -0.1) is 11.3 Å². The van der Waals surface area contributed by atoms with Gasteiger partial charge in [-0.2, -0.15) is 0 Å². The maximum atomic E-state index is 13.5. The van der Waals surface area contributed by atoms with Gasteiger partial charge in [-0.05, 0) is 41.6 Å². The topological polar surface area (TPSA) is 71.5 Å². The van der Waals surface area contributed by atoms with Gasteiger partial charge in [0, 0.05) is 30.3 Å². The fourth-order valence-electron chi connectivity index (χ4n) is 3.83. The molecule has 0 saturated carbocycles. The van der Waals surface area contributed by atoms with E-state index in [-0.39, 0.29) is 11.8 Å². The first kappa shape index (κ1) is 20.3. The number of nitrogens with zero attached hydrogens (tertiary/aromatic N) is 2. The molecule has 0 saturated heterocycles. The molecule has 3 aromatic rings. The Bertz CT molecular complexity index is 1030. The number of carbonyl (C=O) groups excluding carboxylic acids is 2. The number of aryl methyl sites for hydroxylation is 1. The predicted molar refractivity (Wildman–Crippen MR) is 117 cm³/mol. The average molecular weight is 422 g/mol. The Kier molecular flexibility index (Phi) is 5.92. The van der Waals surface area contributed by atoms with Gasteiger partial charge < -0.3 is 15.0 Å². The second-order valence-electron chi connectivity index (χ2n) is 7.23. The smallest absolute Gasteiger partial charge is 0.254 e. The molecule has 6 nitrogen and oxygen atoms in total. The third kappa shape index (κ3) is 3.86. The summed E-state index contributed by atoms with van der Waals surface area (Å²) in [6.07, 6.45) is 1.72. The zero-order valence-corrected chi connectivity index (χ0v) is 17.7. The molecule has 0 fully saturated rings. The SMILES string of the molecule is COCCN1C(=O)c2ccccc2C(C(=O)Nc2ccc(C)cn2)C1c1cccs1. The van der Waals surface area contributed by atoms with Gasteiger partial charge in [0.1, 0.15) is 5.82 Å². The summed E-state index contributed by atoms with van der Waals surface area (Å²) >= 11 is 1.54. The number of rotatable bonds is 6. The third-order valence-corrected chi connectivity index (χ3v) is 6.20. The maximum Gasteiger partial charge on any atom is 0.254 e. The summed E-state index contributed by atoms with van der Waals surface area (Å²) in [5, 5.41) is 4.91. The van der Waals surface area contributed by atoms with Gasteiger partial charge in [0.05, 0.1) is 18.6 Å². The van der Waals surface area contributed by atoms with Crippen LogP contribution in [0.5, 0.6) is 0 Å². The minimum absolute atomic E-state index is 0.0847. The zero-order valence-electron chi connectivity index (χ0n) is 16.9. The Labute approximate surface area is 179 Å². The summed E-state index contributed by atoms with van der Waals surface area (Å²) in [6.45, 7) is 2.74. The summed E-state index contributed by atoms with van der Waals surface area (Å²) < 4.78 is 5.25. The molecule has 0 radical (unpaired) electrons. The van der Waals surface area contributed by atoms with E-state index in [2.05, 4.69) is 10.3 Å². The highest BCUT2D eigenvalue weighted by Crippen LogP contribution is 2.44. The monoisotopic (exact) mass is 421 g/mol.